The van der Waals surface area contributed by atoms with Crippen molar-refractivity contribution in [1.82, 2.24) is 10.3 Å². The Balaban J connectivity index is 1.81. The van der Waals surface area contributed by atoms with Crippen molar-refractivity contribution in [3.8, 4) is 0 Å². The molecule has 1 atom stereocenters. The van der Waals surface area contributed by atoms with Gasteiger partial charge in [-0.3, -0.25) is 4.79 Å². The number of rotatable bonds is 7. The summed E-state index contributed by atoms with van der Waals surface area (Å²) in [6.45, 7) is 4.50. The van der Waals surface area contributed by atoms with Crippen molar-refractivity contribution in [2.45, 2.75) is 45.1 Å². The number of hydrogen-bond acceptors (Lipinski definition) is 2. The lowest BCUT2D eigenvalue weighted by molar-refractivity contribution is -0.126. The maximum Gasteiger partial charge on any atom is 0.239 e. The van der Waals surface area contributed by atoms with Crippen LogP contribution in [0.1, 0.15) is 38.7 Å². The van der Waals surface area contributed by atoms with Crippen LogP contribution in [0.5, 0.6) is 0 Å². The van der Waals surface area contributed by atoms with Crippen LogP contribution in [0.3, 0.4) is 0 Å². The first-order valence-corrected chi connectivity index (χ1v) is 7.67. The third kappa shape index (κ3) is 3.85. The van der Waals surface area contributed by atoms with E-state index in [-0.39, 0.29) is 5.91 Å². The molecule has 0 saturated heterocycles. The molecule has 0 fully saturated rings. The predicted molar refractivity (Wildman–Crippen MR) is 87.1 cm³/mol. The zero-order chi connectivity index (χ0) is 15.3. The van der Waals surface area contributed by atoms with E-state index >= 15 is 0 Å². The number of carbonyl (C=O) groups is 1. The molecule has 0 aliphatic carbocycles. The molecule has 1 amide bonds. The summed E-state index contributed by atoms with van der Waals surface area (Å²) < 4.78 is 0. The summed E-state index contributed by atoms with van der Waals surface area (Å²) in [4.78, 5) is 15.3. The van der Waals surface area contributed by atoms with Gasteiger partial charge in [-0.25, -0.2) is 0 Å². The average molecular weight is 287 g/mol. The Morgan fingerprint density at radius 3 is 2.90 bits per heavy atom. The van der Waals surface area contributed by atoms with Crippen LogP contribution in [0.25, 0.3) is 10.9 Å². The zero-order valence-corrected chi connectivity index (χ0v) is 12.9. The molecule has 0 saturated carbocycles. The van der Waals surface area contributed by atoms with Gasteiger partial charge in [-0.1, -0.05) is 31.5 Å². The predicted octanol–water partition coefficient (Wildman–Crippen LogP) is 2.73. The Morgan fingerprint density at radius 1 is 1.38 bits per heavy atom. The van der Waals surface area contributed by atoms with Crippen molar-refractivity contribution in [2.75, 3.05) is 6.54 Å². The van der Waals surface area contributed by atoms with Crippen LogP contribution in [0.2, 0.25) is 0 Å². The largest absolute Gasteiger partial charge is 0.361 e. The van der Waals surface area contributed by atoms with E-state index in [4.69, 9.17) is 5.73 Å². The third-order valence-electron chi connectivity index (χ3n) is 3.87. The monoisotopic (exact) mass is 287 g/mol. The Hall–Kier alpha value is -1.81. The number of amides is 1. The molecule has 1 heterocycles. The molecule has 114 valence electrons. The van der Waals surface area contributed by atoms with Gasteiger partial charge < -0.3 is 16.0 Å². The highest BCUT2D eigenvalue weighted by Gasteiger charge is 2.26. The van der Waals surface area contributed by atoms with E-state index in [9.17, 15) is 4.79 Å². The maximum atomic E-state index is 12.0. The highest BCUT2D eigenvalue weighted by atomic mass is 16.2. The third-order valence-corrected chi connectivity index (χ3v) is 3.87. The number of benzene rings is 1. The van der Waals surface area contributed by atoms with Gasteiger partial charge in [-0.05, 0) is 37.8 Å². The number of aromatic amines is 1. The van der Waals surface area contributed by atoms with E-state index < -0.39 is 5.54 Å². The summed E-state index contributed by atoms with van der Waals surface area (Å²) in [6.07, 6.45) is 5.53. The standard InChI is InChI=1S/C17H25N3O/c1-3-10-17(2,18)16(21)19-11-6-7-13-12-20-15-9-5-4-8-14(13)15/h4-5,8-9,12,20H,3,6-7,10-11,18H2,1-2H3,(H,19,21). The fraction of sp³-hybridized carbons (Fsp3) is 0.471. The fourth-order valence-corrected chi connectivity index (χ4v) is 2.65. The van der Waals surface area contributed by atoms with Gasteiger partial charge in [-0.15, -0.1) is 0 Å². The molecular weight excluding hydrogens is 262 g/mol. The summed E-state index contributed by atoms with van der Waals surface area (Å²) in [6, 6.07) is 8.27. The molecule has 0 bridgehead atoms. The molecule has 0 aliphatic heterocycles. The zero-order valence-electron chi connectivity index (χ0n) is 12.9. The number of aromatic nitrogens is 1. The van der Waals surface area contributed by atoms with Crippen LogP contribution >= 0.6 is 0 Å². The summed E-state index contributed by atoms with van der Waals surface area (Å²) in [5.41, 5.74) is 7.71. The van der Waals surface area contributed by atoms with Gasteiger partial charge in [0.2, 0.25) is 5.91 Å². The topological polar surface area (TPSA) is 70.9 Å². The lowest BCUT2D eigenvalue weighted by Gasteiger charge is -2.22. The Morgan fingerprint density at radius 2 is 2.14 bits per heavy atom. The molecule has 0 spiro atoms. The molecule has 1 unspecified atom stereocenters. The van der Waals surface area contributed by atoms with Crippen LogP contribution in [-0.4, -0.2) is 23.0 Å². The molecule has 1 aromatic heterocycles. The molecular formula is C17H25N3O. The summed E-state index contributed by atoms with van der Waals surface area (Å²) >= 11 is 0. The first-order chi connectivity index (χ1) is 10.0. The number of nitrogens with one attached hydrogen (secondary N) is 2. The van der Waals surface area contributed by atoms with E-state index in [0.29, 0.717) is 13.0 Å². The van der Waals surface area contributed by atoms with E-state index in [1.54, 1.807) is 6.92 Å². The van der Waals surface area contributed by atoms with Crippen LogP contribution in [0.4, 0.5) is 0 Å². The summed E-state index contributed by atoms with van der Waals surface area (Å²) in [5, 5.41) is 4.21. The quantitative estimate of drug-likeness (QED) is 0.685. The Kier molecular flexibility index (Phi) is 5.02. The van der Waals surface area contributed by atoms with Crippen LogP contribution < -0.4 is 11.1 Å². The molecule has 2 rings (SSSR count). The van der Waals surface area contributed by atoms with Crippen molar-refractivity contribution in [2.24, 2.45) is 5.73 Å². The van der Waals surface area contributed by atoms with E-state index in [1.165, 1.54) is 10.9 Å². The van der Waals surface area contributed by atoms with Gasteiger partial charge >= 0.3 is 0 Å². The first-order valence-electron chi connectivity index (χ1n) is 7.67. The fourth-order valence-electron chi connectivity index (χ4n) is 2.65. The number of hydrogen-bond donors (Lipinski definition) is 3. The van der Waals surface area contributed by atoms with Crippen LogP contribution in [-0.2, 0) is 11.2 Å². The normalized spacial score (nSPS) is 14.0. The minimum absolute atomic E-state index is 0.0525. The van der Waals surface area contributed by atoms with E-state index in [1.807, 2.05) is 19.1 Å². The van der Waals surface area contributed by atoms with Gasteiger partial charge in [0.25, 0.3) is 0 Å². The molecule has 0 radical (unpaired) electrons. The number of aryl methyl sites for hydroxylation is 1. The van der Waals surface area contributed by atoms with Gasteiger partial charge in [0.15, 0.2) is 0 Å². The summed E-state index contributed by atoms with van der Waals surface area (Å²) in [7, 11) is 0. The molecule has 0 aliphatic rings. The molecule has 4 N–H and O–H groups in total. The van der Waals surface area contributed by atoms with Crippen molar-refractivity contribution >= 4 is 16.8 Å². The van der Waals surface area contributed by atoms with Crippen molar-refractivity contribution in [1.29, 1.82) is 0 Å². The minimum atomic E-state index is -0.754. The number of para-hydroxylation sites is 1. The average Bonchev–Trinajstić information content (AvgIpc) is 2.86. The molecule has 2 aromatic rings. The number of carbonyl (C=O) groups excluding carboxylic acids is 1. The molecule has 1 aromatic carbocycles. The second-order valence-corrected chi connectivity index (χ2v) is 5.89. The Labute approximate surface area is 126 Å². The van der Waals surface area contributed by atoms with Crippen molar-refractivity contribution < 1.29 is 4.79 Å². The van der Waals surface area contributed by atoms with Crippen LogP contribution in [0.15, 0.2) is 30.5 Å². The SMILES string of the molecule is CCCC(C)(N)C(=O)NCCCc1c[nH]c2ccccc12. The first kappa shape index (κ1) is 15.6. The Bertz CT molecular complexity index is 601. The second-order valence-electron chi connectivity index (χ2n) is 5.89. The maximum absolute atomic E-state index is 12.0. The van der Waals surface area contributed by atoms with Gasteiger partial charge in [0.1, 0.15) is 0 Å². The van der Waals surface area contributed by atoms with Gasteiger partial charge in [-0.2, -0.15) is 0 Å². The minimum Gasteiger partial charge on any atom is -0.361 e. The molecule has 4 nitrogen and oxygen atoms in total. The number of nitrogens with two attached hydrogens (primary N) is 1. The highest BCUT2D eigenvalue weighted by molar-refractivity contribution is 5.85. The van der Waals surface area contributed by atoms with E-state index in [2.05, 4.69) is 28.6 Å². The van der Waals surface area contributed by atoms with Gasteiger partial charge in [0, 0.05) is 23.6 Å². The smallest absolute Gasteiger partial charge is 0.239 e. The highest BCUT2D eigenvalue weighted by Crippen LogP contribution is 2.18. The lowest BCUT2D eigenvalue weighted by Crippen LogP contribution is -2.51. The van der Waals surface area contributed by atoms with Crippen molar-refractivity contribution in [3.05, 3.63) is 36.0 Å². The number of H-pyrrole nitrogens is 1. The van der Waals surface area contributed by atoms with E-state index in [0.717, 1.165) is 24.8 Å². The second kappa shape index (κ2) is 6.76. The summed E-state index contributed by atoms with van der Waals surface area (Å²) in [5.74, 6) is -0.0525. The van der Waals surface area contributed by atoms with Gasteiger partial charge in [0.05, 0.1) is 5.54 Å². The molecule has 21 heavy (non-hydrogen) atoms. The van der Waals surface area contributed by atoms with Crippen LogP contribution in [0, 0.1) is 0 Å². The lowest BCUT2D eigenvalue weighted by atomic mass is 9.96. The molecule has 4 heteroatoms. The van der Waals surface area contributed by atoms with Crippen molar-refractivity contribution in [3.63, 3.8) is 0 Å². The number of fused-ring (bicyclic) bond motifs is 1.